The maximum Gasteiger partial charge on any atom is 0.472 e. The molecule has 3 atom stereocenters. The predicted molar refractivity (Wildman–Crippen MR) is 355 cm³/mol. The summed E-state index contributed by atoms with van der Waals surface area (Å²) in [5.41, 5.74) is 0. The number of hydrogen-bond donors (Lipinski definition) is 2. The summed E-state index contributed by atoms with van der Waals surface area (Å²) in [5.74, 6) is -0.578. The number of esters is 1. The number of likely N-dealkylation sites (N-methyl/N-ethyl adjacent to an activating group) is 1. The Hall–Kier alpha value is -3.59. The molecule has 1 amide bonds. The van der Waals surface area contributed by atoms with Gasteiger partial charge in [0.1, 0.15) is 19.3 Å². The van der Waals surface area contributed by atoms with Crippen molar-refractivity contribution in [1.82, 2.24) is 5.32 Å². The molecule has 0 spiro atoms. The van der Waals surface area contributed by atoms with Gasteiger partial charge in [0.25, 0.3) is 0 Å². The highest BCUT2D eigenvalue weighted by Gasteiger charge is 2.30. The number of ether oxygens (including phenoxy) is 1. The summed E-state index contributed by atoms with van der Waals surface area (Å²) in [7, 11) is 1.45. The molecule has 3 unspecified atom stereocenters. The first-order valence-electron chi connectivity index (χ1n) is 33.4. The summed E-state index contributed by atoms with van der Waals surface area (Å²) in [5, 5.41) is 3.02. The van der Waals surface area contributed by atoms with E-state index in [-0.39, 0.29) is 37.9 Å². The van der Waals surface area contributed by atoms with E-state index in [4.69, 9.17) is 13.8 Å². The minimum Gasteiger partial charge on any atom is -0.456 e. The van der Waals surface area contributed by atoms with Gasteiger partial charge in [0.05, 0.1) is 33.8 Å². The topological polar surface area (TPSA) is 111 Å². The van der Waals surface area contributed by atoms with Crippen LogP contribution in [-0.4, -0.2) is 74.3 Å². The van der Waals surface area contributed by atoms with Gasteiger partial charge in [-0.25, -0.2) is 4.57 Å². The number of hydrogen-bond acceptors (Lipinski definition) is 6. The molecular formula is C72H126N2O7P+. The van der Waals surface area contributed by atoms with Crippen molar-refractivity contribution in [3.63, 3.8) is 0 Å². The highest BCUT2D eigenvalue weighted by Crippen LogP contribution is 2.43. The molecule has 0 saturated carbocycles. The van der Waals surface area contributed by atoms with Crippen molar-refractivity contribution in [3.8, 4) is 0 Å². The Morgan fingerprint density at radius 3 is 1.22 bits per heavy atom. The Balaban J connectivity index is 5.17. The molecule has 82 heavy (non-hydrogen) atoms. The zero-order chi connectivity index (χ0) is 60.0. The molecule has 0 aromatic heterocycles. The number of nitrogens with one attached hydrogen (secondary N) is 1. The van der Waals surface area contributed by atoms with Crippen LogP contribution in [0.25, 0.3) is 0 Å². The van der Waals surface area contributed by atoms with Crippen LogP contribution in [0.5, 0.6) is 0 Å². The monoisotopic (exact) mass is 1160 g/mol. The molecular weight excluding hydrogens is 1040 g/mol. The lowest BCUT2D eigenvalue weighted by Gasteiger charge is -2.27. The first kappa shape index (κ1) is 78.4. The number of rotatable bonds is 59. The fourth-order valence-electron chi connectivity index (χ4n) is 9.02. The summed E-state index contributed by atoms with van der Waals surface area (Å²) in [6.07, 6.45) is 85.0. The maximum absolute atomic E-state index is 13.5. The molecule has 0 aromatic carbocycles. The van der Waals surface area contributed by atoms with Crippen LogP contribution in [0, 0.1) is 0 Å². The highest BCUT2D eigenvalue weighted by molar-refractivity contribution is 7.47. The third-order valence-electron chi connectivity index (χ3n) is 14.1. The number of phosphoric acid groups is 1. The number of phosphoric ester groups is 1. The van der Waals surface area contributed by atoms with Gasteiger partial charge in [-0.05, 0) is 115 Å². The van der Waals surface area contributed by atoms with Crippen molar-refractivity contribution < 1.29 is 37.3 Å². The molecule has 470 valence electrons. The van der Waals surface area contributed by atoms with Crippen LogP contribution in [0.15, 0.2) is 122 Å². The average Bonchev–Trinajstić information content (AvgIpc) is 3.44. The zero-order valence-corrected chi connectivity index (χ0v) is 54.6. The van der Waals surface area contributed by atoms with E-state index >= 15 is 0 Å². The van der Waals surface area contributed by atoms with Crippen molar-refractivity contribution in [1.29, 1.82) is 0 Å². The van der Waals surface area contributed by atoms with Crippen LogP contribution in [0.4, 0.5) is 0 Å². The largest absolute Gasteiger partial charge is 0.472 e. The smallest absolute Gasteiger partial charge is 0.456 e. The Bertz CT molecular complexity index is 1820. The predicted octanol–water partition coefficient (Wildman–Crippen LogP) is 21.1. The van der Waals surface area contributed by atoms with Gasteiger partial charge >= 0.3 is 13.8 Å². The molecule has 2 N–H and O–H groups in total. The fourth-order valence-corrected chi connectivity index (χ4v) is 9.75. The molecule has 0 aliphatic carbocycles. The number of unbranched alkanes of at least 4 members (excludes halogenated alkanes) is 25. The van der Waals surface area contributed by atoms with Gasteiger partial charge in [-0.2, -0.15) is 0 Å². The highest BCUT2D eigenvalue weighted by atomic mass is 31.2. The van der Waals surface area contributed by atoms with Gasteiger partial charge in [0.2, 0.25) is 5.91 Å². The number of carbonyl (C=O) groups is 2. The summed E-state index contributed by atoms with van der Waals surface area (Å²) >= 11 is 0. The van der Waals surface area contributed by atoms with Gasteiger partial charge < -0.3 is 19.4 Å². The van der Waals surface area contributed by atoms with E-state index in [0.717, 1.165) is 109 Å². The Morgan fingerprint density at radius 2 is 0.793 bits per heavy atom. The first-order chi connectivity index (χ1) is 39.9. The molecule has 10 heteroatoms. The van der Waals surface area contributed by atoms with E-state index in [1.54, 1.807) is 0 Å². The molecule has 0 aromatic rings. The van der Waals surface area contributed by atoms with Crippen molar-refractivity contribution in [2.45, 2.75) is 283 Å². The molecule has 0 aliphatic rings. The van der Waals surface area contributed by atoms with Crippen LogP contribution < -0.4 is 5.32 Å². The van der Waals surface area contributed by atoms with Crippen LogP contribution >= 0.6 is 7.82 Å². The molecule has 0 aliphatic heterocycles. The molecule has 0 fully saturated rings. The quantitative estimate of drug-likeness (QED) is 0.0205. The van der Waals surface area contributed by atoms with Crippen LogP contribution in [0.2, 0.25) is 0 Å². The number of nitrogens with zero attached hydrogens (tertiary/aromatic N) is 1. The average molecular weight is 1160 g/mol. The van der Waals surface area contributed by atoms with Crippen molar-refractivity contribution >= 4 is 19.7 Å². The number of quaternary nitrogens is 1. The number of allylic oxidation sites excluding steroid dienone is 19. The second-order valence-electron chi connectivity index (χ2n) is 23.3. The molecule has 9 nitrogen and oxygen atoms in total. The molecule has 0 heterocycles. The van der Waals surface area contributed by atoms with Crippen molar-refractivity contribution in [2.24, 2.45) is 0 Å². The minimum absolute atomic E-state index is 0.0242. The standard InChI is InChI=1S/C72H125N2O7P/c1-7-10-13-16-19-22-25-28-30-32-33-34-35-36-37-38-39-40-41-43-45-47-50-53-56-59-62-65-72(76)81-70(63-60-57-54-51-48-27-24-21-18-15-12-9-3)69(68-80-82(77,78)79-67-66-74(4,5)6)73-71(75)64-61-58-55-52-49-46-44-42-31-29-26-23-20-17-14-11-8-2/h10,13,19-20,22-23,28-31,33-34,36-37,44,46,52,55,60,63,69-70H,7-9,11-12,14-18,21,24-27,32,35,38-43,45,47-51,53-54,56-59,61-62,64-68H2,1-6H3,(H-,73,75,77,78)/p+1/b13-10-,22-19-,23-20-,30-28-,31-29-,34-33-,37-36-,46-44-,55-52-,63-60-. The van der Waals surface area contributed by atoms with E-state index in [1.807, 2.05) is 33.3 Å². The first-order valence-corrected chi connectivity index (χ1v) is 34.9. The van der Waals surface area contributed by atoms with Crippen molar-refractivity contribution in [3.05, 3.63) is 122 Å². The number of carbonyl (C=O) groups excluding carboxylic acids is 2. The number of amides is 1. The van der Waals surface area contributed by atoms with Crippen molar-refractivity contribution in [2.75, 3.05) is 40.9 Å². The normalized spacial score (nSPS) is 14.4. The zero-order valence-electron chi connectivity index (χ0n) is 53.7. The second kappa shape index (κ2) is 60.5. The van der Waals surface area contributed by atoms with E-state index in [2.05, 4.69) is 135 Å². The summed E-state index contributed by atoms with van der Waals surface area (Å²) in [6, 6.07) is -0.886. The summed E-state index contributed by atoms with van der Waals surface area (Å²) in [4.78, 5) is 37.8. The minimum atomic E-state index is -4.47. The van der Waals surface area contributed by atoms with Crippen LogP contribution in [-0.2, 0) is 27.9 Å². The van der Waals surface area contributed by atoms with Crippen LogP contribution in [0.3, 0.4) is 0 Å². The molecule has 0 saturated heterocycles. The molecule has 0 rings (SSSR count). The van der Waals surface area contributed by atoms with Gasteiger partial charge in [-0.3, -0.25) is 18.6 Å². The van der Waals surface area contributed by atoms with Crippen LogP contribution in [0.1, 0.15) is 271 Å². The summed E-state index contributed by atoms with van der Waals surface area (Å²) < 4.78 is 30.7. The third-order valence-corrected chi connectivity index (χ3v) is 15.1. The van der Waals surface area contributed by atoms with Gasteiger partial charge in [-0.15, -0.1) is 0 Å². The third kappa shape index (κ3) is 61.0. The second-order valence-corrected chi connectivity index (χ2v) is 24.7. The Labute approximate surface area is 505 Å². The van der Waals surface area contributed by atoms with E-state index in [9.17, 15) is 19.0 Å². The fraction of sp³-hybridized carbons (Fsp3) is 0.694. The Morgan fingerprint density at radius 1 is 0.439 bits per heavy atom. The van der Waals surface area contributed by atoms with E-state index in [1.165, 1.54) is 122 Å². The lowest BCUT2D eigenvalue weighted by atomic mass is 10.0. The van der Waals surface area contributed by atoms with Gasteiger partial charge in [-0.1, -0.05) is 265 Å². The van der Waals surface area contributed by atoms with E-state index in [0.29, 0.717) is 17.4 Å². The summed E-state index contributed by atoms with van der Waals surface area (Å²) in [6.45, 7) is 6.82. The van der Waals surface area contributed by atoms with E-state index < -0.39 is 20.0 Å². The van der Waals surface area contributed by atoms with Gasteiger partial charge in [0.15, 0.2) is 0 Å². The SMILES string of the molecule is CC/C=C\C/C=C\C/C=C\C/C=C\C/C=C\CCCCCCCCCCCCCC(=O)OC(/C=C\CCCCCCCCCCCC)C(COP(=O)(O)OCC[N+](C)(C)C)NC(=O)CCC/C=C\C/C=C\C/C=C\C/C=C\CCCCC. The molecule has 0 radical (unpaired) electrons. The lowest BCUT2D eigenvalue weighted by Crippen LogP contribution is -2.47. The van der Waals surface area contributed by atoms with Gasteiger partial charge in [0, 0.05) is 12.8 Å². The maximum atomic E-state index is 13.5. The Kier molecular flexibility index (Phi) is 57.9. The molecule has 0 bridgehead atoms. The lowest BCUT2D eigenvalue weighted by molar-refractivity contribution is -0.870.